The van der Waals surface area contributed by atoms with E-state index in [2.05, 4.69) is 58.0 Å². The Bertz CT molecular complexity index is 1010. The summed E-state index contributed by atoms with van der Waals surface area (Å²) < 4.78 is 13.2. The van der Waals surface area contributed by atoms with E-state index in [0.717, 1.165) is 64.1 Å². The van der Waals surface area contributed by atoms with Crippen LogP contribution in [0.2, 0.25) is 5.02 Å². The fourth-order valence-corrected chi connectivity index (χ4v) is 4.75. The van der Waals surface area contributed by atoms with E-state index >= 15 is 0 Å². The van der Waals surface area contributed by atoms with Crippen LogP contribution in [0.4, 0.5) is 0 Å². The Kier molecular flexibility index (Phi) is 10.2. The van der Waals surface area contributed by atoms with Crippen LogP contribution in [0.25, 0.3) is 21.5 Å². The molecule has 2 unspecified atom stereocenters. The highest BCUT2D eigenvalue weighted by molar-refractivity contribution is 6.31. The summed E-state index contributed by atoms with van der Waals surface area (Å²) in [7, 11) is 0. The first kappa shape index (κ1) is 25.7. The molecular formula is C30H41ClO2. The molecule has 0 radical (unpaired) electrons. The molecule has 33 heavy (non-hydrogen) atoms. The van der Waals surface area contributed by atoms with E-state index in [0.29, 0.717) is 11.8 Å². The monoisotopic (exact) mass is 468 g/mol. The number of hydrogen-bond acceptors (Lipinski definition) is 2. The molecule has 0 spiro atoms. The third-order valence-electron chi connectivity index (χ3n) is 6.90. The lowest BCUT2D eigenvalue weighted by Crippen LogP contribution is -2.13. The van der Waals surface area contributed by atoms with Crippen LogP contribution in [-0.4, -0.2) is 13.2 Å². The average Bonchev–Trinajstić information content (AvgIpc) is 2.84. The molecule has 3 heteroatoms. The quantitative estimate of drug-likeness (QED) is 0.219. The summed E-state index contributed by atoms with van der Waals surface area (Å²) in [5.41, 5.74) is 0. The van der Waals surface area contributed by atoms with Crippen molar-refractivity contribution in [3.05, 3.63) is 47.5 Å². The fraction of sp³-hybridized carbons (Fsp3) is 0.533. The molecule has 0 bridgehead atoms. The Labute approximate surface area is 205 Å². The molecule has 2 nitrogen and oxygen atoms in total. The Hall–Kier alpha value is -1.93. The van der Waals surface area contributed by atoms with Crippen molar-refractivity contribution in [2.45, 2.75) is 79.1 Å². The number of benzene rings is 3. The van der Waals surface area contributed by atoms with Crippen LogP contribution >= 0.6 is 11.6 Å². The van der Waals surface area contributed by atoms with Gasteiger partial charge < -0.3 is 9.47 Å². The van der Waals surface area contributed by atoms with Crippen LogP contribution < -0.4 is 9.47 Å². The molecule has 0 aliphatic carbocycles. The van der Waals surface area contributed by atoms with E-state index in [-0.39, 0.29) is 0 Å². The minimum absolute atomic E-state index is 0.567. The highest BCUT2D eigenvalue weighted by atomic mass is 35.5. The molecule has 0 fully saturated rings. The van der Waals surface area contributed by atoms with Gasteiger partial charge in [-0.15, -0.1) is 0 Å². The highest BCUT2D eigenvalue weighted by Gasteiger charge is 2.19. The zero-order valence-electron chi connectivity index (χ0n) is 21.0. The van der Waals surface area contributed by atoms with E-state index in [4.69, 9.17) is 21.1 Å². The van der Waals surface area contributed by atoms with Crippen molar-refractivity contribution < 1.29 is 9.47 Å². The zero-order chi connectivity index (χ0) is 23.6. The normalized spacial score (nSPS) is 13.4. The van der Waals surface area contributed by atoms with Gasteiger partial charge in [0.1, 0.15) is 11.5 Å². The molecule has 0 saturated carbocycles. The molecule has 0 saturated heterocycles. The van der Waals surface area contributed by atoms with Crippen molar-refractivity contribution in [1.29, 1.82) is 0 Å². The summed E-state index contributed by atoms with van der Waals surface area (Å²) in [6.45, 7) is 10.5. The first-order valence-corrected chi connectivity index (χ1v) is 13.4. The average molecular weight is 469 g/mol. The topological polar surface area (TPSA) is 18.5 Å². The van der Waals surface area contributed by atoms with E-state index in [1.54, 1.807) is 0 Å². The van der Waals surface area contributed by atoms with Crippen LogP contribution in [0.15, 0.2) is 42.5 Å². The van der Waals surface area contributed by atoms with Crippen LogP contribution in [-0.2, 0) is 0 Å². The first-order valence-electron chi connectivity index (χ1n) is 13.0. The number of ether oxygens (including phenoxy) is 2. The Morgan fingerprint density at radius 3 is 1.64 bits per heavy atom. The van der Waals surface area contributed by atoms with Crippen molar-refractivity contribution >= 4 is 33.1 Å². The maximum absolute atomic E-state index is 6.58. The lowest BCUT2D eigenvalue weighted by molar-refractivity contribution is 0.234. The van der Waals surface area contributed by atoms with E-state index in [1.807, 2.05) is 12.1 Å². The molecular weight excluding hydrogens is 428 g/mol. The maximum atomic E-state index is 6.58. The summed E-state index contributed by atoms with van der Waals surface area (Å²) in [5, 5.41) is 5.08. The van der Waals surface area contributed by atoms with E-state index < -0.39 is 0 Å². The second kappa shape index (κ2) is 13.1. The minimum atomic E-state index is 0.567. The molecule has 0 heterocycles. The zero-order valence-corrected chi connectivity index (χ0v) is 21.7. The van der Waals surface area contributed by atoms with Gasteiger partial charge in [0.2, 0.25) is 0 Å². The van der Waals surface area contributed by atoms with Crippen LogP contribution in [0, 0.1) is 11.8 Å². The third kappa shape index (κ3) is 6.57. The summed E-state index contributed by atoms with van der Waals surface area (Å²) in [4.78, 5) is 0. The van der Waals surface area contributed by atoms with Gasteiger partial charge in [0.15, 0.2) is 0 Å². The van der Waals surface area contributed by atoms with E-state index in [1.165, 1.54) is 38.5 Å². The first-order chi connectivity index (χ1) is 16.1. The molecule has 3 aromatic rings. The maximum Gasteiger partial charge on any atom is 0.135 e. The summed E-state index contributed by atoms with van der Waals surface area (Å²) >= 11 is 6.46. The third-order valence-corrected chi connectivity index (χ3v) is 7.14. The lowest BCUT2D eigenvalue weighted by atomic mass is 9.98. The summed E-state index contributed by atoms with van der Waals surface area (Å²) in [6.07, 6.45) is 9.64. The number of unbranched alkanes of at least 4 members (excludes halogenated alkanes) is 2. The Morgan fingerprint density at radius 2 is 1.15 bits per heavy atom. The van der Waals surface area contributed by atoms with Crippen molar-refractivity contribution in [1.82, 2.24) is 0 Å². The molecule has 0 N–H and O–H groups in total. The van der Waals surface area contributed by atoms with Crippen molar-refractivity contribution in [2.75, 3.05) is 13.2 Å². The highest BCUT2D eigenvalue weighted by Crippen LogP contribution is 2.44. The van der Waals surface area contributed by atoms with Crippen molar-refractivity contribution in [2.24, 2.45) is 11.8 Å². The van der Waals surface area contributed by atoms with Gasteiger partial charge in [-0.1, -0.05) is 102 Å². The number of fused-ring (bicyclic) bond motifs is 2. The molecule has 180 valence electrons. The van der Waals surface area contributed by atoms with E-state index in [9.17, 15) is 0 Å². The van der Waals surface area contributed by atoms with Crippen LogP contribution in [0.5, 0.6) is 11.5 Å². The van der Waals surface area contributed by atoms with Gasteiger partial charge in [-0.05, 0) is 42.9 Å². The van der Waals surface area contributed by atoms with Gasteiger partial charge in [0.25, 0.3) is 0 Å². The van der Waals surface area contributed by atoms with Gasteiger partial charge in [0.05, 0.1) is 13.2 Å². The Balaban J connectivity index is 2.02. The van der Waals surface area contributed by atoms with Crippen molar-refractivity contribution in [3.8, 4) is 11.5 Å². The molecule has 0 aliphatic heterocycles. The van der Waals surface area contributed by atoms with Gasteiger partial charge in [-0.2, -0.15) is 0 Å². The second-order valence-corrected chi connectivity index (χ2v) is 9.79. The van der Waals surface area contributed by atoms with Crippen molar-refractivity contribution in [3.63, 3.8) is 0 Å². The number of rotatable bonds is 14. The van der Waals surface area contributed by atoms with Gasteiger partial charge in [0, 0.05) is 26.6 Å². The standard InChI is InChI=1S/C30H41ClO2/c1-5-9-13-22(7-3)20-32-29-25-15-11-12-16-26(25)30(28-19-24(31)17-18-27(28)29)33-21-23(8-4)14-10-6-2/h11-12,15-19,22-23H,5-10,13-14,20-21H2,1-4H3. The summed E-state index contributed by atoms with van der Waals surface area (Å²) in [6, 6.07) is 14.6. The molecule has 3 rings (SSSR count). The number of halogens is 1. The largest absolute Gasteiger partial charge is 0.492 e. The lowest BCUT2D eigenvalue weighted by Gasteiger charge is -2.22. The smallest absolute Gasteiger partial charge is 0.135 e. The van der Waals surface area contributed by atoms with Gasteiger partial charge >= 0.3 is 0 Å². The summed E-state index contributed by atoms with van der Waals surface area (Å²) in [5.74, 6) is 3.03. The van der Waals surface area contributed by atoms with Crippen LogP contribution in [0.1, 0.15) is 79.1 Å². The van der Waals surface area contributed by atoms with Crippen LogP contribution in [0.3, 0.4) is 0 Å². The Morgan fingerprint density at radius 1 is 0.667 bits per heavy atom. The molecule has 0 aromatic heterocycles. The minimum Gasteiger partial charge on any atom is -0.492 e. The molecule has 3 aromatic carbocycles. The number of hydrogen-bond donors (Lipinski definition) is 0. The predicted octanol–water partition coefficient (Wildman–Crippen LogP) is 9.84. The fourth-order valence-electron chi connectivity index (χ4n) is 4.58. The second-order valence-electron chi connectivity index (χ2n) is 9.35. The SMILES string of the molecule is CCCCC(CC)COc1c2ccccc2c(OCC(CC)CCCC)c2cc(Cl)ccc12. The van der Waals surface area contributed by atoms with Gasteiger partial charge in [-0.25, -0.2) is 0 Å². The van der Waals surface area contributed by atoms with Gasteiger partial charge in [-0.3, -0.25) is 0 Å². The molecule has 2 atom stereocenters. The molecule has 0 amide bonds. The predicted molar refractivity (Wildman–Crippen MR) is 144 cm³/mol. The molecule has 0 aliphatic rings.